The molecule has 1 unspecified atom stereocenters. The number of thioether (sulfide) groups is 1. The molecule has 3 heteroatoms. The molecule has 0 aliphatic carbocycles. The van der Waals surface area contributed by atoms with E-state index in [1.165, 1.54) is 5.56 Å². The van der Waals surface area contributed by atoms with Gasteiger partial charge in [0.1, 0.15) is 0 Å². The molecule has 0 saturated heterocycles. The molecule has 0 amide bonds. The van der Waals surface area contributed by atoms with Crippen molar-refractivity contribution in [1.29, 1.82) is 0 Å². The number of rotatable bonds is 6. The van der Waals surface area contributed by atoms with E-state index in [2.05, 4.69) is 42.5 Å². The number of hydrogen-bond donors (Lipinski definition) is 1. The number of benzene rings is 1. The first-order valence-corrected chi connectivity index (χ1v) is 6.63. The van der Waals surface area contributed by atoms with Crippen molar-refractivity contribution < 1.29 is 0 Å². The van der Waals surface area contributed by atoms with E-state index < -0.39 is 0 Å². The molecule has 0 saturated carbocycles. The monoisotopic (exact) mass is 224 g/mol. The Bertz CT molecular complexity index is 264. The first-order chi connectivity index (χ1) is 7.29. The van der Waals surface area contributed by atoms with Crippen molar-refractivity contribution in [2.24, 2.45) is 5.73 Å². The van der Waals surface area contributed by atoms with Crippen LogP contribution < -0.4 is 5.73 Å². The largest absolute Gasteiger partial charge is 0.329 e. The van der Waals surface area contributed by atoms with Crippen molar-refractivity contribution in [3.8, 4) is 0 Å². The minimum atomic E-state index is 0.346. The van der Waals surface area contributed by atoms with Gasteiger partial charge in [-0.25, -0.2) is 0 Å². The molecular weight excluding hydrogens is 204 g/mol. The lowest BCUT2D eigenvalue weighted by atomic mass is 10.1. The molecule has 1 aromatic carbocycles. The molecule has 15 heavy (non-hydrogen) atoms. The van der Waals surface area contributed by atoms with Crippen LogP contribution in [0.5, 0.6) is 0 Å². The summed E-state index contributed by atoms with van der Waals surface area (Å²) in [4.78, 5) is 2.33. The van der Waals surface area contributed by atoms with Crippen molar-refractivity contribution in [3.05, 3.63) is 35.9 Å². The Kier molecular flexibility index (Phi) is 5.76. The van der Waals surface area contributed by atoms with Crippen molar-refractivity contribution in [1.82, 2.24) is 4.90 Å². The van der Waals surface area contributed by atoms with Crippen molar-refractivity contribution >= 4 is 11.8 Å². The predicted molar refractivity (Wildman–Crippen MR) is 69.2 cm³/mol. The van der Waals surface area contributed by atoms with E-state index in [4.69, 9.17) is 5.73 Å². The minimum absolute atomic E-state index is 0.346. The van der Waals surface area contributed by atoms with Gasteiger partial charge in [0.15, 0.2) is 0 Å². The van der Waals surface area contributed by atoms with Crippen LogP contribution in [0.15, 0.2) is 30.3 Å². The predicted octanol–water partition coefficient (Wildman–Crippen LogP) is 1.98. The van der Waals surface area contributed by atoms with Crippen molar-refractivity contribution in [2.75, 3.05) is 32.1 Å². The lowest BCUT2D eigenvalue weighted by Gasteiger charge is -2.27. The van der Waals surface area contributed by atoms with Gasteiger partial charge in [0.05, 0.1) is 0 Å². The molecule has 1 rings (SSSR count). The molecule has 1 atom stereocenters. The van der Waals surface area contributed by atoms with E-state index in [1.807, 2.05) is 17.8 Å². The summed E-state index contributed by atoms with van der Waals surface area (Å²) < 4.78 is 0. The smallest absolute Gasteiger partial charge is 0.0467 e. The second kappa shape index (κ2) is 6.88. The van der Waals surface area contributed by atoms with Crippen LogP contribution in [-0.2, 0) is 0 Å². The highest BCUT2D eigenvalue weighted by atomic mass is 32.2. The Hall–Kier alpha value is -0.510. The Morgan fingerprint density at radius 1 is 1.33 bits per heavy atom. The van der Waals surface area contributed by atoms with Crippen LogP contribution in [0.2, 0.25) is 0 Å². The van der Waals surface area contributed by atoms with Crippen LogP contribution >= 0.6 is 11.8 Å². The van der Waals surface area contributed by atoms with E-state index in [0.29, 0.717) is 12.6 Å². The molecule has 0 bridgehead atoms. The van der Waals surface area contributed by atoms with Gasteiger partial charge in [-0.1, -0.05) is 30.3 Å². The molecule has 84 valence electrons. The summed E-state index contributed by atoms with van der Waals surface area (Å²) in [6.07, 6.45) is 2.13. The van der Waals surface area contributed by atoms with Gasteiger partial charge in [0, 0.05) is 24.9 Å². The maximum Gasteiger partial charge on any atom is 0.0467 e. The first kappa shape index (κ1) is 12.6. The Labute approximate surface area is 96.8 Å². The molecule has 0 aromatic heterocycles. The molecule has 0 aliphatic heterocycles. The molecular formula is C12H20N2S. The lowest BCUT2D eigenvalue weighted by molar-refractivity contribution is 0.265. The number of nitrogens with zero attached hydrogens (tertiary/aromatic N) is 1. The Morgan fingerprint density at radius 2 is 2.00 bits per heavy atom. The maximum atomic E-state index is 5.83. The summed E-state index contributed by atoms with van der Waals surface area (Å²) in [6.45, 7) is 1.76. The molecule has 0 aliphatic rings. The zero-order valence-corrected chi connectivity index (χ0v) is 10.3. The average Bonchev–Trinajstić information content (AvgIpc) is 2.29. The Balaban J connectivity index is 2.63. The third-order valence-corrected chi connectivity index (χ3v) is 3.18. The summed E-state index contributed by atoms with van der Waals surface area (Å²) in [7, 11) is 2.14. The van der Waals surface area contributed by atoms with Crippen LogP contribution in [0.1, 0.15) is 11.6 Å². The molecule has 0 spiro atoms. The fourth-order valence-electron chi connectivity index (χ4n) is 1.64. The summed E-state index contributed by atoms with van der Waals surface area (Å²) in [5.41, 5.74) is 7.14. The molecule has 1 aromatic rings. The van der Waals surface area contributed by atoms with Gasteiger partial charge < -0.3 is 5.73 Å². The second-order valence-corrected chi connectivity index (χ2v) is 4.62. The summed E-state index contributed by atoms with van der Waals surface area (Å²) in [5.74, 6) is 1.15. The fourth-order valence-corrected chi connectivity index (χ4v) is 2.11. The first-order valence-electron chi connectivity index (χ1n) is 5.23. The zero-order chi connectivity index (χ0) is 11.1. The molecule has 0 radical (unpaired) electrons. The molecule has 2 N–H and O–H groups in total. The molecule has 2 nitrogen and oxygen atoms in total. The van der Waals surface area contributed by atoms with Crippen LogP contribution in [0.3, 0.4) is 0 Å². The minimum Gasteiger partial charge on any atom is -0.329 e. The number of likely N-dealkylation sites (N-methyl/N-ethyl adjacent to an activating group) is 1. The van der Waals surface area contributed by atoms with Gasteiger partial charge in [-0.15, -0.1) is 0 Å². The van der Waals surface area contributed by atoms with Crippen molar-refractivity contribution in [3.63, 3.8) is 0 Å². The summed E-state index contributed by atoms with van der Waals surface area (Å²) in [6, 6.07) is 10.8. The highest BCUT2D eigenvalue weighted by Gasteiger charge is 2.13. The summed E-state index contributed by atoms with van der Waals surface area (Å²) >= 11 is 1.87. The van der Waals surface area contributed by atoms with E-state index in [9.17, 15) is 0 Å². The van der Waals surface area contributed by atoms with E-state index >= 15 is 0 Å². The van der Waals surface area contributed by atoms with Crippen LogP contribution in [0.4, 0.5) is 0 Å². The van der Waals surface area contributed by atoms with Gasteiger partial charge in [-0.2, -0.15) is 11.8 Å². The second-order valence-electron chi connectivity index (χ2n) is 3.64. The van der Waals surface area contributed by atoms with Gasteiger partial charge in [0.25, 0.3) is 0 Å². The van der Waals surface area contributed by atoms with Crippen LogP contribution in [0, 0.1) is 0 Å². The van der Waals surface area contributed by atoms with E-state index in [0.717, 1.165) is 12.3 Å². The summed E-state index contributed by atoms with van der Waals surface area (Å²) in [5, 5.41) is 0. The highest BCUT2D eigenvalue weighted by Crippen LogP contribution is 2.17. The van der Waals surface area contributed by atoms with Gasteiger partial charge >= 0.3 is 0 Å². The van der Waals surface area contributed by atoms with E-state index in [1.54, 1.807) is 0 Å². The van der Waals surface area contributed by atoms with Gasteiger partial charge in [0.2, 0.25) is 0 Å². The molecule has 0 fully saturated rings. The number of nitrogens with two attached hydrogens (primary N) is 1. The topological polar surface area (TPSA) is 29.3 Å². The SMILES string of the molecule is CSCCN(C)C(CN)c1ccccc1. The van der Waals surface area contributed by atoms with E-state index in [-0.39, 0.29) is 0 Å². The Morgan fingerprint density at radius 3 is 2.53 bits per heavy atom. The quantitative estimate of drug-likeness (QED) is 0.801. The lowest BCUT2D eigenvalue weighted by Crippen LogP contribution is -2.32. The zero-order valence-electron chi connectivity index (χ0n) is 9.52. The van der Waals surface area contributed by atoms with Crippen LogP contribution in [0.25, 0.3) is 0 Å². The maximum absolute atomic E-state index is 5.83. The fraction of sp³-hybridized carbons (Fsp3) is 0.500. The number of hydrogen-bond acceptors (Lipinski definition) is 3. The third-order valence-electron chi connectivity index (χ3n) is 2.59. The van der Waals surface area contributed by atoms with Crippen LogP contribution in [-0.4, -0.2) is 37.0 Å². The third kappa shape index (κ3) is 3.86. The van der Waals surface area contributed by atoms with Gasteiger partial charge in [-0.05, 0) is 18.9 Å². The highest BCUT2D eigenvalue weighted by molar-refractivity contribution is 7.98. The average molecular weight is 224 g/mol. The standard InChI is InChI=1S/C12H20N2S/c1-14(8-9-15-2)12(10-13)11-6-4-3-5-7-11/h3-7,12H,8-10,13H2,1-2H3. The molecule has 0 heterocycles. The normalized spacial score (nSPS) is 13.1. The van der Waals surface area contributed by atoms with Crippen molar-refractivity contribution in [2.45, 2.75) is 6.04 Å². The van der Waals surface area contributed by atoms with Gasteiger partial charge in [-0.3, -0.25) is 4.90 Å².